The first-order valence-electron chi connectivity index (χ1n) is 6.59. The summed E-state index contributed by atoms with van der Waals surface area (Å²) in [4.78, 5) is 12.3. The van der Waals surface area contributed by atoms with Crippen LogP contribution in [-0.4, -0.2) is 18.4 Å². The van der Waals surface area contributed by atoms with E-state index in [2.05, 4.69) is 5.32 Å². The fourth-order valence-electron chi connectivity index (χ4n) is 2.26. The van der Waals surface area contributed by atoms with Gasteiger partial charge in [0.2, 0.25) is 0 Å². The van der Waals surface area contributed by atoms with Crippen molar-refractivity contribution in [1.29, 1.82) is 0 Å². The fraction of sp³-hybridized carbons (Fsp3) is 0.188. The summed E-state index contributed by atoms with van der Waals surface area (Å²) < 4.78 is 18.8. The van der Waals surface area contributed by atoms with Crippen LogP contribution in [0.4, 0.5) is 10.1 Å². The van der Waals surface area contributed by atoms with Crippen molar-refractivity contribution in [3.63, 3.8) is 0 Å². The lowest BCUT2D eigenvalue weighted by molar-refractivity contribution is -0.124. The second-order valence-corrected chi connectivity index (χ2v) is 5.28. The molecule has 1 atom stereocenters. The van der Waals surface area contributed by atoms with E-state index in [0.717, 1.165) is 5.69 Å². The number of Topliss-reactive ketones (excluding diaryl/α,β-unsaturated/α-hetero) is 1. The summed E-state index contributed by atoms with van der Waals surface area (Å²) in [5, 5.41) is 3.19. The zero-order chi connectivity index (χ0) is 14.8. The Labute approximate surface area is 126 Å². The molecule has 0 spiro atoms. The van der Waals surface area contributed by atoms with Crippen molar-refractivity contribution < 1.29 is 13.9 Å². The smallest absolute Gasteiger partial charge is 0.179 e. The van der Waals surface area contributed by atoms with Crippen LogP contribution in [0.3, 0.4) is 0 Å². The van der Waals surface area contributed by atoms with E-state index in [1.165, 1.54) is 12.1 Å². The van der Waals surface area contributed by atoms with Crippen LogP contribution in [0.2, 0.25) is 5.02 Å². The molecule has 0 fully saturated rings. The molecule has 0 aliphatic carbocycles. The molecule has 1 N–H and O–H groups in total. The number of rotatable bonds is 3. The highest BCUT2D eigenvalue weighted by Crippen LogP contribution is 2.28. The quantitative estimate of drug-likeness (QED) is 0.943. The van der Waals surface area contributed by atoms with Crippen molar-refractivity contribution in [3.8, 4) is 5.75 Å². The van der Waals surface area contributed by atoms with E-state index in [9.17, 15) is 9.18 Å². The first kappa shape index (κ1) is 13.9. The molecule has 3 nitrogen and oxygen atoms in total. The Hall–Kier alpha value is -2.07. The van der Waals surface area contributed by atoms with Gasteiger partial charge in [0.1, 0.15) is 11.6 Å². The Kier molecular flexibility index (Phi) is 3.80. The number of carbonyl (C=O) groups is 1. The van der Waals surface area contributed by atoms with Crippen molar-refractivity contribution in [1.82, 2.24) is 0 Å². The molecule has 108 valence electrons. The normalized spacial score (nSPS) is 16.6. The molecule has 0 bridgehead atoms. The molecule has 21 heavy (non-hydrogen) atoms. The largest absolute Gasteiger partial charge is 0.479 e. The summed E-state index contributed by atoms with van der Waals surface area (Å²) in [6.07, 6.45) is -0.391. The Morgan fingerprint density at radius 1 is 1.33 bits per heavy atom. The van der Waals surface area contributed by atoms with Crippen LogP contribution in [0, 0.1) is 5.82 Å². The number of benzene rings is 2. The van der Waals surface area contributed by atoms with Crippen molar-refractivity contribution in [2.75, 3.05) is 11.9 Å². The maximum absolute atomic E-state index is 13.1. The summed E-state index contributed by atoms with van der Waals surface area (Å²) >= 11 is 5.72. The van der Waals surface area contributed by atoms with Gasteiger partial charge in [0.25, 0.3) is 0 Å². The summed E-state index contributed by atoms with van der Waals surface area (Å²) in [5.74, 6) is 0.108. The number of halogens is 2. The van der Waals surface area contributed by atoms with Gasteiger partial charge >= 0.3 is 0 Å². The zero-order valence-corrected chi connectivity index (χ0v) is 11.9. The Bertz CT molecular complexity index is 690. The highest BCUT2D eigenvalue weighted by atomic mass is 35.5. The summed E-state index contributed by atoms with van der Waals surface area (Å²) in [6.45, 7) is 0.421. The highest BCUT2D eigenvalue weighted by Gasteiger charge is 2.25. The first-order valence-corrected chi connectivity index (χ1v) is 6.97. The van der Waals surface area contributed by atoms with Crippen LogP contribution in [0.25, 0.3) is 0 Å². The molecular formula is C16H13ClFNO2. The molecule has 5 heteroatoms. The van der Waals surface area contributed by atoms with Crippen molar-refractivity contribution >= 4 is 23.1 Å². The molecule has 0 saturated heterocycles. The van der Waals surface area contributed by atoms with E-state index < -0.39 is 11.9 Å². The molecule has 2 aromatic rings. The van der Waals surface area contributed by atoms with Crippen LogP contribution in [0.5, 0.6) is 5.75 Å². The molecular weight excluding hydrogens is 293 g/mol. The van der Waals surface area contributed by atoms with Gasteiger partial charge in [-0.2, -0.15) is 0 Å². The van der Waals surface area contributed by atoms with E-state index in [1.807, 2.05) is 24.3 Å². The predicted molar refractivity (Wildman–Crippen MR) is 79.5 cm³/mol. The maximum Gasteiger partial charge on any atom is 0.179 e. The molecule has 1 aliphatic rings. The van der Waals surface area contributed by atoms with Gasteiger partial charge < -0.3 is 10.1 Å². The lowest BCUT2D eigenvalue weighted by Gasteiger charge is -2.26. The number of carbonyl (C=O) groups excluding carboxylic acids is 1. The van der Waals surface area contributed by atoms with E-state index in [1.54, 1.807) is 6.07 Å². The van der Waals surface area contributed by atoms with Gasteiger partial charge in [-0.3, -0.25) is 4.79 Å². The second-order valence-electron chi connectivity index (χ2n) is 4.88. The lowest BCUT2D eigenvalue weighted by atomic mass is 10.0. The van der Waals surface area contributed by atoms with Crippen LogP contribution in [0.1, 0.15) is 5.56 Å². The molecule has 0 radical (unpaired) electrons. The van der Waals surface area contributed by atoms with Gasteiger partial charge in [0.05, 0.1) is 17.3 Å². The van der Waals surface area contributed by atoms with E-state index in [-0.39, 0.29) is 17.2 Å². The molecule has 2 aromatic carbocycles. The van der Waals surface area contributed by atoms with Gasteiger partial charge in [-0.1, -0.05) is 29.8 Å². The monoisotopic (exact) mass is 305 g/mol. The van der Waals surface area contributed by atoms with Crippen LogP contribution in [-0.2, 0) is 11.2 Å². The first-order chi connectivity index (χ1) is 10.1. The summed E-state index contributed by atoms with van der Waals surface area (Å²) in [6, 6.07) is 11.8. The Balaban J connectivity index is 1.70. The molecule has 0 amide bonds. The fourth-order valence-corrected chi connectivity index (χ4v) is 2.46. The van der Waals surface area contributed by atoms with Crippen molar-refractivity contribution in [2.45, 2.75) is 12.5 Å². The molecule has 1 heterocycles. The molecule has 1 unspecified atom stereocenters. The van der Waals surface area contributed by atoms with Gasteiger partial charge in [-0.15, -0.1) is 0 Å². The number of ether oxygens (including phenoxy) is 1. The molecule has 3 rings (SSSR count). The topological polar surface area (TPSA) is 38.3 Å². The lowest BCUT2D eigenvalue weighted by Crippen LogP contribution is -2.38. The molecule has 0 aromatic heterocycles. The third-order valence-corrected chi connectivity index (χ3v) is 3.65. The number of para-hydroxylation sites is 2. The Morgan fingerprint density at radius 2 is 2.14 bits per heavy atom. The van der Waals surface area contributed by atoms with Gasteiger partial charge in [0, 0.05) is 6.42 Å². The SMILES string of the molecule is O=C(Cc1ccc(F)c(Cl)c1)C1CNc2ccccc2O1. The maximum atomic E-state index is 13.1. The average molecular weight is 306 g/mol. The number of ketones is 1. The molecule has 0 saturated carbocycles. The van der Waals surface area contributed by atoms with E-state index in [4.69, 9.17) is 16.3 Å². The predicted octanol–water partition coefficient (Wildman–Crippen LogP) is 3.46. The van der Waals surface area contributed by atoms with E-state index in [0.29, 0.717) is 17.9 Å². The second kappa shape index (κ2) is 5.74. The minimum absolute atomic E-state index is 0.0216. The van der Waals surface area contributed by atoms with Crippen molar-refractivity contribution in [3.05, 3.63) is 58.9 Å². The number of nitrogens with one attached hydrogen (secondary N) is 1. The van der Waals surface area contributed by atoms with Crippen LogP contribution >= 0.6 is 11.6 Å². The Morgan fingerprint density at radius 3 is 2.95 bits per heavy atom. The van der Waals surface area contributed by atoms with E-state index >= 15 is 0 Å². The summed E-state index contributed by atoms with van der Waals surface area (Å²) in [7, 11) is 0. The number of hydrogen-bond acceptors (Lipinski definition) is 3. The van der Waals surface area contributed by atoms with Crippen molar-refractivity contribution in [2.24, 2.45) is 0 Å². The number of fused-ring (bicyclic) bond motifs is 1. The van der Waals surface area contributed by atoms with Gasteiger partial charge in [-0.25, -0.2) is 4.39 Å². The van der Waals surface area contributed by atoms with Crippen LogP contribution in [0.15, 0.2) is 42.5 Å². The minimum Gasteiger partial charge on any atom is -0.479 e. The highest BCUT2D eigenvalue weighted by molar-refractivity contribution is 6.30. The zero-order valence-electron chi connectivity index (χ0n) is 11.1. The number of hydrogen-bond donors (Lipinski definition) is 1. The van der Waals surface area contributed by atoms with Gasteiger partial charge in [0.15, 0.2) is 11.9 Å². The minimum atomic E-state index is -0.552. The standard InChI is InChI=1S/C16H13ClFNO2/c17-11-7-10(5-6-12(11)18)8-14(20)16-9-19-13-3-1-2-4-15(13)21-16/h1-7,16,19H,8-9H2. The third kappa shape index (κ3) is 3.00. The third-order valence-electron chi connectivity index (χ3n) is 3.36. The molecule has 1 aliphatic heterocycles. The number of anilines is 1. The van der Waals surface area contributed by atoms with Gasteiger partial charge in [-0.05, 0) is 29.8 Å². The average Bonchev–Trinajstić information content (AvgIpc) is 2.50. The van der Waals surface area contributed by atoms with Crippen LogP contribution < -0.4 is 10.1 Å². The summed E-state index contributed by atoms with van der Waals surface area (Å²) in [5.41, 5.74) is 1.56.